The van der Waals surface area contributed by atoms with Gasteiger partial charge in [0, 0.05) is 24.8 Å². The highest BCUT2D eigenvalue weighted by molar-refractivity contribution is 6.30. The summed E-state index contributed by atoms with van der Waals surface area (Å²) in [6.07, 6.45) is 3.63. The van der Waals surface area contributed by atoms with Gasteiger partial charge in [-0.25, -0.2) is 0 Å². The first kappa shape index (κ1) is 13.6. The van der Waals surface area contributed by atoms with Gasteiger partial charge in [0.25, 0.3) is 0 Å². The number of carbonyl (C=O) groups excluding carboxylic acids is 1. The smallest absolute Gasteiger partial charge is 0.226 e. The zero-order chi connectivity index (χ0) is 13.8. The molecule has 5 heteroatoms. The highest BCUT2D eigenvalue weighted by atomic mass is 35.5. The Morgan fingerprint density at radius 1 is 1.42 bits per heavy atom. The van der Waals surface area contributed by atoms with Crippen molar-refractivity contribution in [1.82, 2.24) is 9.78 Å². The van der Waals surface area contributed by atoms with Crippen molar-refractivity contribution in [3.8, 4) is 0 Å². The largest absolute Gasteiger partial charge is 0.326 e. The van der Waals surface area contributed by atoms with Gasteiger partial charge >= 0.3 is 0 Å². The summed E-state index contributed by atoms with van der Waals surface area (Å²) in [7, 11) is 0. The standard InChI is InChI=1S/C14H16ClN3O/c1-10-4-3-5-13(11(10)2)17-14(19)6-7-18-9-12(15)8-16-18/h3-5,8-9H,6-7H2,1-2H3,(H,17,19). The van der Waals surface area contributed by atoms with E-state index in [4.69, 9.17) is 11.6 Å². The molecule has 0 atom stereocenters. The molecule has 0 saturated heterocycles. The summed E-state index contributed by atoms with van der Waals surface area (Å²) in [6.45, 7) is 4.54. The van der Waals surface area contributed by atoms with E-state index < -0.39 is 0 Å². The Balaban J connectivity index is 1.92. The Bertz CT molecular complexity index is 592. The predicted octanol–water partition coefficient (Wildman–Crippen LogP) is 3.18. The minimum atomic E-state index is -0.0275. The maximum absolute atomic E-state index is 11.9. The summed E-state index contributed by atoms with van der Waals surface area (Å²) in [5.74, 6) is -0.0275. The van der Waals surface area contributed by atoms with Crippen molar-refractivity contribution < 1.29 is 4.79 Å². The molecular weight excluding hydrogens is 262 g/mol. The van der Waals surface area contributed by atoms with Crippen LogP contribution in [0.2, 0.25) is 5.02 Å². The number of halogens is 1. The number of hydrogen-bond donors (Lipinski definition) is 1. The van der Waals surface area contributed by atoms with Crippen molar-refractivity contribution in [2.75, 3.05) is 5.32 Å². The lowest BCUT2D eigenvalue weighted by molar-refractivity contribution is -0.116. The quantitative estimate of drug-likeness (QED) is 0.933. The fraction of sp³-hybridized carbons (Fsp3) is 0.286. The van der Waals surface area contributed by atoms with Crippen LogP contribution in [-0.4, -0.2) is 15.7 Å². The van der Waals surface area contributed by atoms with E-state index in [1.165, 1.54) is 0 Å². The topological polar surface area (TPSA) is 46.9 Å². The number of benzene rings is 1. The van der Waals surface area contributed by atoms with E-state index in [0.29, 0.717) is 18.0 Å². The van der Waals surface area contributed by atoms with Gasteiger partial charge in [0.05, 0.1) is 11.2 Å². The number of nitrogens with zero attached hydrogens (tertiary/aromatic N) is 2. The minimum absolute atomic E-state index is 0.0275. The minimum Gasteiger partial charge on any atom is -0.326 e. The van der Waals surface area contributed by atoms with Crippen LogP contribution < -0.4 is 5.32 Å². The normalized spacial score (nSPS) is 10.5. The number of amides is 1. The zero-order valence-corrected chi connectivity index (χ0v) is 11.7. The molecule has 0 aliphatic rings. The molecule has 4 nitrogen and oxygen atoms in total. The van der Waals surface area contributed by atoms with Gasteiger partial charge in [0.15, 0.2) is 0 Å². The van der Waals surface area contributed by atoms with Crippen molar-refractivity contribution in [2.24, 2.45) is 0 Å². The average molecular weight is 278 g/mol. The number of carbonyl (C=O) groups is 1. The van der Waals surface area contributed by atoms with Gasteiger partial charge in [-0.2, -0.15) is 5.10 Å². The molecule has 1 amide bonds. The van der Waals surface area contributed by atoms with Gasteiger partial charge in [-0.1, -0.05) is 23.7 Å². The van der Waals surface area contributed by atoms with Crippen LogP contribution >= 0.6 is 11.6 Å². The molecule has 0 aliphatic heterocycles. The molecule has 0 aliphatic carbocycles. The van der Waals surface area contributed by atoms with Crippen molar-refractivity contribution in [3.05, 3.63) is 46.7 Å². The second-order valence-corrected chi connectivity index (χ2v) is 4.90. The van der Waals surface area contributed by atoms with Crippen LogP contribution in [0.5, 0.6) is 0 Å². The van der Waals surface area contributed by atoms with E-state index in [1.54, 1.807) is 17.1 Å². The van der Waals surface area contributed by atoms with Crippen molar-refractivity contribution >= 4 is 23.2 Å². The summed E-state index contributed by atoms with van der Waals surface area (Å²) in [5.41, 5.74) is 3.12. The van der Waals surface area contributed by atoms with E-state index >= 15 is 0 Å². The van der Waals surface area contributed by atoms with Gasteiger partial charge < -0.3 is 5.32 Å². The molecule has 0 saturated carbocycles. The molecule has 0 fully saturated rings. The lowest BCUT2D eigenvalue weighted by Crippen LogP contribution is -2.15. The fourth-order valence-electron chi connectivity index (χ4n) is 1.78. The van der Waals surface area contributed by atoms with Gasteiger partial charge in [-0.3, -0.25) is 9.48 Å². The van der Waals surface area contributed by atoms with Gasteiger partial charge in [0.2, 0.25) is 5.91 Å². The van der Waals surface area contributed by atoms with Gasteiger partial charge in [-0.05, 0) is 31.0 Å². The van der Waals surface area contributed by atoms with Crippen LogP contribution in [0.3, 0.4) is 0 Å². The Labute approximate surface area is 117 Å². The van der Waals surface area contributed by atoms with Crippen LogP contribution in [0.15, 0.2) is 30.6 Å². The van der Waals surface area contributed by atoms with Crippen LogP contribution in [0.1, 0.15) is 17.5 Å². The zero-order valence-electron chi connectivity index (χ0n) is 11.0. The first-order chi connectivity index (χ1) is 9.06. The van der Waals surface area contributed by atoms with Crippen LogP contribution in [0.25, 0.3) is 0 Å². The third-order valence-corrected chi connectivity index (χ3v) is 3.24. The maximum atomic E-state index is 11.9. The van der Waals surface area contributed by atoms with E-state index in [9.17, 15) is 4.79 Å². The number of anilines is 1. The predicted molar refractivity (Wildman–Crippen MR) is 76.4 cm³/mol. The van der Waals surface area contributed by atoms with Crippen LogP contribution in [0, 0.1) is 13.8 Å². The highest BCUT2D eigenvalue weighted by Gasteiger charge is 2.06. The number of rotatable bonds is 4. The first-order valence-corrected chi connectivity index (χ1v) is 6.48. The molecule has 19 heavy (non-hydrogen) atoms. The van der Waals surface area contributed by atoms with E-state index in [-0.39, 0.29) is 5.91 Å². The van der Waals surface area contributed by atoms with Gasteiger partial charge in [0.1, 0.15) is 0 Å². The highest BCUT2D eigenvalue weighted by Crippen LogP contribution is 2.18. The average Bonchev–Trinajstić information content (AvgIpc) is 2.78. The van der Waals surface area contributed by atoms with Crippen LogP contribution in [0.4, 0.5) is 5.69 Å². The molecule has 0 bridgehead atoms. The summed E-state index contributed by atoms with van der Waals surface area (Å²) in [4.78, 5) is 11.9. The number of hydrogen-bond acceptors (Lipinski definition) is 2. The molecular formula is C14H16ClN3O. The Morgan fingerprint density at radius 3 is 2.89 bits per heavy atom. The number of aromatic nitrogens is 2. The third-order valence-electron chi connectivity index (χ3n) is 3.05. The molecule has 0 radical (unpaired) electrons. The fourth-order valence-corrected chi connectivity index (χ4v) is 1.93. The van der Waals surface area contributed by atoms with E-state index in [1.807, 2.05) is 32.0 Å². The first-order valence-electron chi connectivity index (χ1n) is 6.10. The summed E-state index contributed by atoms with van der Waals surface area (Å²) in [6, 6.07) is 5.87. The van der Waals surface area contributed by atoms with Gasteiger partial charge in [-0.15, -0.1) is 0 Å². The maximum Gasteiger partial charge on any atom is 0.226 e. The summed E-state index contributed by atoms with van der Waals surface area (Å²) in [5, 5.41) is 7.52. The molecule has 1 aromatic carbocycles. The van der Waals surface area contributed by atoms with E-state index in [0.717, 1.165) is 16.8 Å². The summed E-state index contributed by atoms with van der Waals surface area (Å²) >= 11 is 5.76. The number of aryl methyl sites for hydroxylation is 2. The monoisotopic (exact) mass is 277 g/mol. The Morgan fingerprint density at radius 2 is 2.21 bits per heavy atom. The molecule has 100 valence electrons. The molecule has 0 unspecified atom stereocenters. The Kier molecular flexibility index (Phi) is 4.22. The van der Waals surface area contributed by atoms with Crippen LogP contribution in [-0.2, 0) is 11.3 Å². The molecule has 1 aromatic heterocycles. The molecule has 0 spiro atoms. The van der Waals surface area contributed by atoms with E-state index in [2.05, 4.69) is 10.4 Å². The number of nitrogens with one attached hydrogen (secondary N) is 1. The lowest BCUT2D eigenvalue weighted by Gasteiger charge is -2.10. The van der Waals surface area contributed by atoms with Crippen molar-refractivity contribution in [2.45, 2.75) is 26.8 Å². The molecule has 1 heterocycles. The third kappa shape index (κ3) is 3.58. The van der Waals surface area contributed by atoms with Crippen molar-refractivity contribution in [3.63, 3.8) is 0 Å². The molecule has 2 rings (SSSR count). The molecule has 1 N–H and O–H groups in total. The second-order valence-electron chi connectivity index (χ2n) is 4.47. The Hall–Kier alpha value is -1.81. The summed E-state index contributed by atoms with van der Waals surface area (Å²) < 4.78 is 1.66. The lowest BCUT2D eigenvalue weighted by atomic mass is 10.1. The SMILES string of the molecule is Cc1cccc(NC(=O)CCn2cc(Cl)cn2)c1C. The molecule has 2 aromatic rings. The van der Waals surface area contributed by atoms with Crippen molar-refractivity contribution in [1.29, 1.82) is 0 Å². The second kappa shape index (κ2) is 5.89.